The first-order chi connectivity index (χ1) is 13.7. The molecule has 28 heavy (non-hydrogen) atoms. The molecule has 1 saturated heterocycles. The van der Waals surface area contributed by atoms with E-state index in [1.165, 1.54) is 11.1 Å². The second-order valence-corrected chi connectivity index (χ2v) is 8.45. The molecule has 4 heterocycles. The Labute approximate surface area is 173 Å². The number of benzene rings is 1. The number of pyridine rings is 1. The predicted octanol–water partition coefficient (Wildman–Crippen LogP) is 4.92. The Bertz CT molecular complexity index is 981. The van der Waals surface area contributed by atoms with Crippen molar-refractivity contribution in [2.45, 2.75) is 24.8 Å². The van der Waals surface area contributed by atoms with E-state index in [0.717, 1.165) is 47.6 Å². The Morgan fingerprint density at radius 2 is 1.96 bits per heavy atom. The minimum Gasteiger partial charge on any atom is -0.381 e. The molecule has 6 heteroatoms. The lowest BCUT2D eigenvalue weighted by Crippen LogP contribution is -2.32. The fourth-order valence-corrected chi connectivity index (χ4v) is 5.15. The number of rotatable bonds is 3. The molecule has 1 unspecified atom stereocenters. The second kappa shape index (κ2) is 7.33. The van der Waals surface area contributed by atoms with Crippen LogP contribution < -0.4 is 5.32 Å². The third-order valence-corrected chi connectivity index (χ3v) is 6.70. The summed E-state index contributed by atoms with van der Waals surface area (Å²) in [6, 6.07) is 13.0. The van der Waals surface area contributed by atoms with Crippen LogP contribution in [0.3, 0.4) is 0 Å². The molecule has 1 aromatic carbocycles. The first-order valence-corrected chi connectivity index (χ1v) is 10.6. The molecule has 2 atom stereocenters. The minimum absolute atomic E-state index is 0.141. The van der Waals surface area contributed by atoms with Gasteiger partial charge in [0.05, 0.1) is 23.6 Å². The van der Waals surface area contributed by atoms with Crippen molar-refractivity contribution in [3.05, 3.63) is 64.4 Å². The summed E-state index contributed by atoms with van der Waals surface area (Å²) < 4.78 is 8.65. The molecule has 1 fully saturated rings. The fourth-order valence-electron chi connectivity index (χ4n) is 4.73. The summed E-state index contributed by atoms with van der Waals surface area (Å²) >= 11 is 3.72. The Kier molecular flexibility index (Phi) is 4.69. The van der Waals surface area contributed by atoms with Crippen LogP contribution in [0.5, 0.6) is 0 Å². The maximum Gasteiger partial charge on any atom is 0.113 e. The van der Waals surface area contributed by atoms with Gasteiger partial charge in [-0.15, -0.1) is 0 Å². The number of halogens is 1. The Hall–Kier alpha value is -2.18. The molecular formula is C22H23BrN4O. The summed E-state index contributed by atoms with van der Waals surface area (Å²) in [6.07, 6.45) is 6.01. The number of nitrogens with one attached hydrogen (secondary N) is 1. The van der Waals surface area contributed by atoms with Crippen molar-refractivity contribution >= 4 is 21.6 Å². The number of aromatic nitrogens is 3. The first-order valence-electron chi connectivity index (χ1n) is 9.80. The topological polar surface area (TPSA) is 52.0 Å². The number of hydrogen-bond donors (Lipinski definition) is 1. The highest BCUT2D eigenvalue weighted by Crippen LogP contribution is 2.50. The fraction of sp³-hybridized carbons (Fsp3) is 0.364. The summed E-state index contributed by atoms with van der Waals surface area (Å²) in [6.45, 7) is 1.67. The van der Waals surface area contributed by atoms with E-state index in [-0.39, 0.29) is 6.04 Å². The van der Waals surface area contributed by atoms with E-state index >= 15 is 0 Å². The lowest BCUT2D eigenvalue weighted by molar-refractivity contribution is 0.0554. The van der Waals surface area contributed by atoms with E-state index in [9.17, 15) is 0 Å². The second-order valence-electron chi connectivity index (χ2n) is 7.60. The van der Waals surface area contributed by atoms with Gasteiger partial charge in [-0.2, -0.15) is 5.10 Å². The van der Waals surface area contributed by atoms with Crippen LogP contribution in [0.1, 0.15) is 35.9 Å². The molecule has 3 aromatic rings. The summed E-state index contributed by atoms with van der Waals surface area (Å²) in [7, 11) is 2.00. The molecule has 0 spiro atoms. The van der Waals surface area contributed by atoms with Crippen molar-refractivity contribution in [1.29, 1.82) is 0 Å². The summed E-state index contributed by atoms with van der Waals surface area (Å²) in [5, 5.41) is 8.42. The van der Waals surface area contributed by atoms with Crippen LogP contribution >= 0.6 is 15.9 Å². The van der Waals surface area contributed by atoms with Gasteiger partial charge in [0, 0.05) is 42.4 Å². The van der Waals surface area contributed by atoms with Gasteiger partial charge in [-0.25, -0.2) is 0 Å². The molecule has 5 nitrogen and oxygen atoms in total. The lowest BCUT2D eigenvalue weighted by atomic mass is 9.73. The van der Waals surface area contributed by atoms with Crippen LogP contribution in [0.15, 0.2) is 53.3 Å². The largest absolute Gasteiger partial charge is 0.381 e. The Balaban J connectivity index is 1.66. The Morgan fingerprint density at radius 3 is 2.75 bits per heavy atom. The smallest absolute Gasteiger partial charge is 0.113 e. The van der Waals surface area contributed by atoms with Crippen LogP contribution in [-0.2, 0) is 11.8 Å². The monoisotopic (exact) mass is 438 g/mol. The predicted molar refractivity (Wildman–Crippen MR) is 113 cm³/mol. The van der Waals surface area contributed by atoms with Crippen LogP contribution in [-0.4, -0.2) is 28.0 Å². The molecule has 2 aromatic heterocycles. The lowest BCUT2D eigenvalue weighted by Gasteiger charge is -2.39. The van der Waals surface area contributed by atoms with Crippen molar-refractivity contribution in [3.8, 4) is 11.4 Å². The van der Waals surface area contributed by atoms with Crippen molar-refractivity contribution in [2.75, 3.05) is 18.5 Å². The van der Waals surface area contributed by atoms with Crippen LogP contribution in [0.25, 0.3) is 11.4 Å². The van der Waals surface area contributed by atoms with Gasteiger partial charge in [-0.1, -0.05) is 30.3 Å². The van der Waals surface area contributed by atoms with E-state index in [1.54, 1.807) is 0 Å². The zero-order valence-corrected chi connectivity index (χ0v) is 17.4. The van der Waals surface area contributed by atoms with E-state index in [0.29, 0.717) is 11.8 Å². The van der Waals surface area contributed by atoms with E-state index < -0.39 is 0 Å². The number of nitrogens with zero attached hydrogens (tertiary/aromatic N) is 3. The molecule has 2 aliphatic heterocycles. The summed E-state index contributed by atoms with van der Waals surface area (Å²) in [5.41, 5.74) is 5.70. The average Bonchev–Trinajstić information content (AvgIpc) is 3.13. The van der Waals surface area contributed by atoms with Crippen molar-refractivity contribution in [3.63, 3.8) is 0 Å². The number of ether oxygens (including phenoxy) is 1. The molecule has 5 rings (SSSR count). The first kappa shape index (κ1) is 17.9. The quantitative estimate of drug-likeness (QED) is 0.630. The zero-order valence-electron chi connectivity index (χ0n) is 15.8. The standard InChI is InChI=1S/C22H23BrN4O/c1-27-22-16(13-25-27)19(26-20-17(23)7-10-24-21(20)22)18(14-5-3-2-4-6-14)15-8-11-28-12-9-15/h2-7,10,13,15,18-19,26H,8-9,11-12H2,1H3/t18?,19-/m1/s1. The molecule has 2 aliphatic rings. The SMILES string of the molecule is Cn1ncc2c1-c1nccc(Br)c1N[C@H]2C(c1ccccc1)C1CCOCC1. The minimum atomic E-state index is 0.141. The van der Waals surface area contributed by atoms with Gasteiger partial charge in [0.1, 0.15) is 5.69 Å². The van der Waals surface area contributed by atoms with Crippen LogP contribution in [0.2, 0.25) is 0 Å². The van der Waals surface area contributed by atoms with Gasteiger partial charge >= 0.3 is 0 Å². The van der Waals surface area contributed by atoms with Crippen LogP contribution in [0, 0.1) is 5.92 Å². The molecule has 1 N–H and O–H groups in total. The average molecular weight is 439 g/mol. The van der Waals surface area contributed by atoms with E-state index in [1.807, 2.05) is 30.2 Å². The van der Waals surface area contributed by atoms with Crippen molar-refractivity contribution < 1.29 is 4.74 Å². The highest BCUT2D eigenvalue weighted by atomic mass is 79.9. The molecule has 0 aliphatic carbocycles. The maximum absolute atomic E-state index is 5.67. The van der Waals surface area contributed by atoms with Gasteiger partial charge < -0.3 is 10.1 Å². The molecule has 0 bridgehead atoms. The van der Waals surface area contributed by atoms with Gasteiger partial charge in [0.2, 0.25) is 0 Å². The molecule has 0 radical (unpaired) electrons. The van der Waals surface area contributed by atoms with E-state index in [4.69, 9.17) is 4.74 Å². The van der Waals surface area contributed by atoms with Gasteiger partial charge in [-0.05, 0) is 46.3 Å². The van der Waals surface area contributed by atoms with E-state index in [2.05, 4.69) is 61.7 Å². The Morgan fingerprint density at radius 1 is 1.18 bits per heavy atom. The number of aryl methyl sites for hydroxylation is 1. The third-order valence-electron chi connectivity index (χ3n) is 6.04. The molecule has 144 valence electrons. The number of hydrogen-bond acceptors (Lipinski definition) is 4. The maximum atomic E-state index is 5.67. The highest BCUT2D eigenvalue weighted by molar-refractivity contribution is 9.10. The molecular weight excluding hydrogens is 416 g/mol. The normalized spacial score (nSPS) is 20.1. The van der Waals surface area contributed by atoms with Gasteiger partial charge in [0.15, 0.2) is 0 Å². The van der Waals surface area contributed by atoms with Gasteiger partial charge in [0.25, 0.3) is 0 Å². The van der Waals surface area contributed by atoms with Gasteiger partial charge in [-0.3, -0.25) is 9.67 Å². The van der Waals surface area contributed by atoms with Crippen molar-refractivity contribution in [1.82, 2.24) is 14.8 Å². The highest BCUT2D eigenvalue weighted by Gasteiger charge is 2.39. The van der Waals surface area contributed by atoms with Crippen LogP contribution in [0.4, 0.5) is 5.69 Å². The number of anilines is 1. The molecule has 0 saturated carbocycles. The number of fused-ring (bicyclic) bond motifs is 3. The molecule has 0 amide bonds. The summed E-state index contributed by atoms with van der Waals surface area (Å²) in [4.78, 5) is 4.66. The third kappa shape index (κ3) is 2.95. The summed E-state index contributed by atoms with van der Waals surface area (Å²) in [5.74, 6) is 0.895. The van der Waals surface area contributed by atoms with Crippen molar-refractivity contribution in [2.24, 2.45) is 13.0 Å². The zero-order chi connectivity index (χ0) is 19.1.